The summed E-state index contributed by atoms with van der Waals surface area (Å²) in [7, 11) is -3.53. The second-order valence-electron chi connectivity index (χ2n) is 10.3. The molecule has 3 rings (SSSR count). The summed E-state index contributed by atoms with van der Waals surface area (Å²) in [5, 5.41) is 3.12. The molecule has 2 aromatic rings. The SMILES string of the molecule is Cc1ccccc1CN(C(=O)CCCN(c1cccc(C)c1C)S(C)(=O)=O)C(C)C(=O)NC1CCCC1. The van der Waals surface area contributed by atoms with Crippen molar-refractivity contribution in [1.82, 2.24) is 10.2 Å². The maximum atomic E-state index is 13.5. The number of benzene rings is 2. The summed E-state index contributed by atoms with van der Waals surface area (Å²) in [5.41, 5.74) is 4.59. The van der Waals surface area contributed by atoms with E-state index in [2.05, 4.69) is 5.32 Å². The minimum Gasteiger partial charge on any atom is -0.352 e. The number of anilines is 1. The predicted molar refractivity (Wildman–Crippen MR) is 149 cm³/mol. The number of amides is 2. The molecule has 0 aliphatic heterocycles. The maximum Gasteiger partial charge on any atom is 0.242 e. The van der Waals surface area contributed by atoms with Crippen molar-refractivity contribution in [2.45, 2.75) is 84.8 Å². The first-order valence-electron chi connectivity index (χ1n) is 13.2. The first-order chi connectivity index (χ1) is 17.5. The summed E-state index contributed by atoms with van der Waals surface area (Å²) in [5.74, 6) is -0.297. The minimum atomic E-state index is -3.53. The average molecular weight is 528 g/mol. The highest BCUT2D eigenvalue weighted by molar-refractivity contribution is 7.92. The first kappa shape index (κ1) is 28.7. The number of hydrogen-bond acceptors (Lipinski definition) is 4. The van der Waals surface area contributed by atoms with E-state index in [4.69, 9.17) is 0 Å². The summed E-state index contributed by atoms with van der Waals surface area (Å²) in [6.07, 6.45) is 5.86. The molecule has 202 valence electrons. The molecule has 7 nitrogen and oxygen atoms in total. The fourth-order valence-electron chi connectivity index (χ4n) is 4.93. The molecule has 0 spiro atoms. The van der Waals surface area contributed by atoms with Gasteiger partial charge in [0.15, 0.2) is 0 Å². The molecule has 1 unspecified atom stereocenters. The van der Waals surface area contributed by atoms with Crippen LogP contribution in [0.15, 0.2) is 42.5 Å². The van der Waals surface area contributed by atoms with E-state index in [1.54, 1.807) is 17.9 Å². The van der Waals surface area contributed by atoms with Crippen LogP contribution in [0.25, 0.3) is 0 Å². The number of carbonyl (C=O) groups is 2. The summed E-state index contributed by atoms with van der Waals surface area (Å²) < 4.78 is 26.6. The Kier molecular flexibility index (Phi) is 9.76. The number of aryl methyl sites for hydroxylation is 2. The van der Waals surface area contributed by atoms with Gasteiger partial charge in [0.2, 0.25) is 21.8 Å². The number of carbonyl (C=O) groups excluding carboxylic acids is 2. The number of rotatable bonds is 11. The van der Waals surface area contributed by atoms with Gasteiger partial charge in [0.25, 0.3) is 0 Å². The molecule has 8 heteroatoms. The van der Waals surface area contributed by atoms with Crippen LogP contribution < -0.4 is 9.62 Å². The van der Waals surface area contributed by atoms with Crippen molar-refractivity contribution in [3.63, 3.8) is 0 Å². The Morgan fingerprint density at radius 1 is 1.00 bits per heavy atom. The molecule has 1 fully saturated rings. The van der Waals surface area contributed by atoms with Crippen LogP contribution >= 0.6 is 0 Å². The van der Waals surface area contributed by atoms with Gasteiger partial charge in [-0.15, -0.1) is 0 Å². The lowest BCUT2D eigenvalue weighted by Gasteiger charge is -2.31. The van der Waals surface area contributed by atoms with Crippen molar-refractivity contribution in [2.75, 3.05) is 17.1 Å². The third-order valence-electron chi connectivity index (χ3n) is 7.47. The van der Waals surface area contributed by atoms with E-state index in [0.717, 1.165) is 47.9 Å². The molecule has 2 amide bonds. The summed E-state index contributed by atoms with van der Waals surface area (Å²) in [6.45, 7) is 8.15. The van der Waals surface area contributed by atoms with Gasteiger partial charge in [0.05, 0.1) is 11.9 Å². The summed E-state index contributed by atoms with van der Waals surface area (Å²) in [4.78, 5) is 28.2. The Bertz CT molecular complexity index is 1210. The fraction of sp³-hybridized carbons (Fsp3) is 0.517. The molecule has 0 radical (unpaired) electrons. The van der Waals surface area contributed by atoms with Gasteiger partial charge in [-0.25, -0.2) is 8.42 Å². The number of hydrogen-bond donors (Lipinski definition) is 1. The molecule has 1 N–H and O–H groups in total. The van der Waals surface area contributed by atoms with Crippen LogP contribution in [-0.2, 0) is 26.2 Å². The molecule has 0 aromatic heterocycles. The van der Waals surface area contributed by atoms with Gasteiger partial charge in [-0.2, -0.15) is 0 Å². The highest BCUT2D eigenvalue weighted by atomic mass is 32.2. The first-order valence-corrected chi connectivity index (χ1v) is 15.0. The van der Waals surface area contributed by atoms with Crippen molar-refractivity contribution >= 4 is 27.5 Å². The predicted octanol–water partition coefficient (Wildman–Crippen LogP) is 4.63. The van der Waals surface area contributed by atoms with Crippen LogP contribution in [0.1, 0.15) is 67.7 Å². The monoisotopic (exact) mass is 527 g/mol. The number of sulfonamides is 1. The zero-order valence-electron chi connectivity index (χ0n) is 22.8. The second kappa shape index (κ2) is 12.6. The van der Waals surface area contributed by atoms with Gasteiger partial charge in [-0.3, -0.25) is 13.9 Å². The van der Waals surface area contributed by atoms with E-state index in [1.165, 1.54) is 10.6 Å². The largest absolute Gasteiger partial charge is 0.352 e. The van der Waals surface area contributed by atoms with Gasteiger partial charge in [0.1, 0.15) is 6.04 Å². The molecule has 0 bridgehead atoms. The van der Waals surface area contributed by atoms with Crippen LogP contribution in [0, 0.1) is 20.8 Å². The number of nitrogens with one attached hydrogen (secondary N) is 1. The molecule has 1 aliphatic carbocycles. The van der Waals surface area contributed by atoms with E-state index in [9.17, 15) is 18.0 Å². The van der Waals surface area contributed by atoms with Gasteiger partial charge < -0.3 is 10.2 Å². The average Bonchev–Trinajstić information content (AvgIpc) is 3.35. The lowest BCUT2D eigenvalue weighted by molar-refractivity contribution is -0.141. The molecular weight excluding hydrogens is 486 g/mol. The second-order valence-corrected chi connectivity index (χ2v) is 12.2. The molecular formula is C29H41N3O4S. The Morgan fingerprint density at radius 2 is 1.65 bits per heavy atom. The smallest absolute Gasteiger partial charge is 0.242 e. The van der Waals surface area contributed by atoms with Crippen LogP contribution in [0.5, 0.6) is 0 Å². The van der Waals surface area contributed by atoms with Gasteiger partial charge >= 0.3 is 0 Å². The zero-order valence-corrected chi connectivity index (χ0v) is 23.6. The highest BCUT2D eigenvalue weighted by Crippen LogP contribution is 2.26. The third-order valence-corrected chi connectivity index (χ3v) is 8.65. The van der Waals surface area contributed by atoms with E-state index < -0.39 is 16.1 Å². The fourth-order valence-corrected chi connectivity index (χ4v) is 5.95. The van der Waals surface area contributed by atoms with E-state index in [0.29, 0.717) is 18.7 Å². The lowest BCUT2D eigenvalue weighted by atomic mass is 10.1. The zero-order chi connectivity index (χ0) is 27.2. The molecule has 0 saturated heterocycles. The topological polar surface area (TPSA) is 86.8 Å². The van der Waals surface area contributed by atoms with Gasteiger partial charge in [-0.1, -0.05) is 49.2 Å². The molecule has 2 aromatic carbocycles. The van der Waals surface area contributed by atoms with Crippen molar-refractivity contribution in [3.05, 3.63) is 64.7 Å². The Morgan fingerprint density at radius 3 is 2.30 bits per heavy atom. The maximum absolute atomic E-state index is 13.5. The minimum absolute atomic E-state index is 0.137. The quantitative estimate of drug-likeness (QED) is 0.461. The van der Waals surface area contributed by atoms with Crippen LogP contribution in [-0.4, -0.2) is 50.0 Å². The lowest BCUT2D eigenvalue weighted by Crippen LogP contribution is -2.49. The van der Waals surface area contributed by atoms with E-state index in [1.807, 2.05) is 57.2 Å². The van der Waals surface area contributed by atoms with Crippen LogP contribution in [0.4, 0.5) is 5.69 Å². The normalized spacial score (nSPS) is 14.8. The molecule has 1 saturated carbocycles. The van der Waals surface area contributed by atoms with E-state index >= 15 is 0 Å². The Hall–Kier alpha value is -2.87. The van der Waals surface area contributed by atoms with Gasteiger partial charge in [-0.05, 0) is 75.3 Å². The molecule has 37 heavy (non-hydrogen) atoms. The van der Waals surface area contributed by atoms with Crippen molar-refractivity contribution in [2.24, 2.45) is 0 Å². The van der Waals surface area contributed by atoms with Crippen molar-refractivity contribution < 1.29 is 18.0 Å². The van der Waals surface area contributed by atoms with Gasteiger partial charge in [0, 0.05) is 25.6 Å². The third kappa shape index (κ3) is 7.57. The Labute approximate surface area is 222 Å². The van der Waals surface area contributed by atoms with E-state index in [-0.39, 0.29) is 30.8 Å². The van der Waals surface area contributed by atoms with Crippen molar-refractivity contribution in [1.29, 1.82) is 0 Å². The number of nitrogens with zero attached hydrogens (tertiary/aromatic N) is 2. The van der Waals surface area contributed by atoms with Crippen molar-refractivity contribution in [3.8, 4) is 0 Å². The van der Waals surface area contributed by atoms with Crippen LogP contribution in [0.2, 0.25) is 0 Å². The Balaban J connectivity index is 1.75. The van der Waals surface area contributed by atoms with Crippen LogP contribution in [0.3, 0.4) is 0 Å². The standard InChI is InChI=1S/C29H41N3O4S/c1-21-13-10-17-27(23(21)3)32(37(5,35)36)19-11-18-28(33)31(20-25-14-7-6-12-22(25)2)24(4)29(34)30-26-15-8-9-16-26/h6-7,10,12-14,17,24,26H,8-9,11,15-16,18-20H2,1-5H3,(H,30,34). The molecule has 0 heterocycles. The summed E-state index contributed by atoms with van der Waals surface area (Å²) in [6, 6.07) is 13.0. The highest BCUT2D eigenvalue weighted by Gasteiger charge is 2.29. The molecule has 1 aliphatic rings. The summed E-state index contributed by atoms with van der Waals surface area (Å²) >= 11 is 0. The molecule has 1 atom stereocenters.